The van der Waals surface area contributed by atoms with Gasteiger partial charge in [-0.15, -0.1) is 0 Å². The van der Waals surface area contributed by atoms with Crippen molar-refractivity contribution < 1.29 is 9.84 Å². The fraction of sp³-hybridized carbons (Fsp3) is 0.750. The number of nitrogens with two attached hydrogens (primary N) is 1. The minimum atomic E-state index is -0.344. The first-order valence-electron chi connectivity index (χ1n) is 7.68. The fourth-order valence-corrected chi connectivity index (χ4v) is 3.01. The van der Waals surface area contributed by atoms with Crippen molar-refractivity contribution in [2.75, 3.05) is 13.2 Å². The van der Waals surface area contributed by atoms with E-state index in [2.05, 4.69) is 6.08 Å². The first-order valence-corrected chi connectivity index (χ1v) is 7.68. The summed E-state index contributed by atoms with van der Waals surface area (Å²) in [5.41, 5.74) is 5.50. The average molecular weight is 265 g/mol. The fourth-order valence-electron chi connectivity index (χ4n) is 3.01. The van der Waals surface area contributed by atoms with E-state index in [1.807, 2.05) is 12.2 Å². The Morgan fingerprint density at radius 1 is 1.32 bits per heavy atom. The summed E-state index contributed by atoms with van der Waals surface area (Å²) in [6.07, 6.45) is 13.9. The second-order valence-electron chi connectivity index (χ2n) is 5.85. The van der Waals surface area contributed by atoms with Gasteiger partial charge in [-0.25, -0.2) is 0 Å². The number of aliphatic hydroxyl groups excluding tert-OH is 1. The molecule has 3 nitrogen and oxygen atoms in total. The largest absolute Gasteiger partial charge is 0.498 e. The maximum atomic E-state index is 9.99. The lowest BCUT2D eigenvalue weighted by molar-refractivity contribution is 0.0936. The van der Waals surface area contributed by atoms with Crippen LogP contribution in [0.1, 0.15) is 44.9 Å². The van der Waals surface area contributed by atoms with Crippen LogP contribution in [0.2, 0.25) is 0 Å². The summed E-state index contributed by atoms with van der Waals surface area (Å²) >= 11 is 0. The Bertz CT molecular complexity index is 319. The molecule has 0 aliphatic heterocycles. The quantitative estimate of drug-likeness (QED) is 0.776. The number of aliphatic hydroxyl groups is 1. The van der Waals surface area contributed by atoms with E-state index in [0.29, 0.717) is 13.0 Å². The first-order chi connectivity index (χ1) is 9.29. The van der Waals surface area contributed by atoms with Crippen LogP contribution in [0.4, 0.5) is 0 Å². The van der Waals surface area contributed by atoms with Crippen LogP contribution in [0.15, 0.2) is 24.0 Å². The summed E-state index contributed by atoms with van der Waals surface area (Å²) in [6.45, 7) is 1.38. The minimum Gasteiger partial charge on any atom is -0.498 e. The highest BCUT2D eigenvalue weighted by atomic mass is 16.5. The lowest BCUT2D eigenvalue weighted by Gasteiger charge is -2.26. The van der Waals surface area contributed by atoms with Gasteiger partial charge in [0.05, 0.1) is 18.5 Å². The van der Waals surface area contributed by atoms with Crippen molar-refractivity contribution in [3.8, 4) is 0 Å². The van der Waals surface area contributed by atoms with Gasteiger partial charge in [0.25, 0.3) is 0 Å². The van der Waals surface area contributed by atoms with E-state index < -0.39 is 0 Å². The monoisotopic (exact) mass is 265 g/mol. The van der Waals surface area contributed by atoms with Gasteiger partial charge in [-0.05, 0) is 37.8 Å². The van der Waals surface area contributed by atoms with Crippen LogP contribution >= 0.6 is 0 Å². The summed E-state index contributed by atoms with van der Waals surface area (Å²) in [5.74, 6) is 1.91. The second-order valence-corrected chi connectivity index (χ2v) is 5.85. The summed E-state index contributed by atoms with van der Waals surface area (Å²) in [6, 6.07) is 0. The molecule has 108 valence electrons. The molecule has 1 fully saturated rings. The molecule has 0 aromatic rings. The van der Waals surface area contributed by atoms with Gasteiger partial charge >= 0.3 is 0 Å². The normalized spacial score (nSPS) is 26.0. The Balaban J connectivity index is 1.74. The van der Waals surface area contributed by atoms with Crippen molar-refractivity contribution in [1.29, 1.82) is 0 Å². The van der Waals surface area contributed by atoms with Gasteiger partial charge in [0.2, 0.25) is 0 Å². The van der Waals surface area contributed by atoms with Gasteiger partial charge < -0.3 is 15.6 Å². The van der Waals surface area contributed by atoms with Crippen LogP contribution in [0, 0.1) is 11.8 Å². The van der Waals surface area contributed by atoms with Crippen LogP contribution in [0.3, 0.4) is 0 Å². The molecule has 2 aliphatic carbocycles. The van der Waals surface area contributed by atoms with Gasteiger partial charge in [-0.1, -0.05) is 31.4 Å². The molecule has 2 atom stereocenters. The molecule has 0 aromatic heterocycles. The van der Waals surface area contributed by atoms with E-state index in [-0.39, 0.29) is 12.0 Å². The summed E-state index contributed by atoms with van der Waals surface area (Å²) in [7, 11) is 0. The molecule has 19 heavy (non-hydrogen) atoms. The standard InChI is InChI=1S/C16H27NO2/c17-10-9-16(18)14-7-4-8-15(11-14)19-12-13-5-2-1-3-6-13/h4,7-8,13-14,16,18H,1-3,5-6,9-12,17H2. The van der Waals surface area contributed by atoms with Gasteiger partial charge in [0.1, 0.15) is 0 Å². The third kappa shape index (κ3) is 4.66. The number of ether oxygens (including phenoxy) is 1. The first kappa shape index (κ1) is 14.6. The third-order valence-corrected chi connectivity index (χ3v) is 4.26. The maximum absolute atomic E-state index is 9.99. The lowest BCUT2D eigenvalue weighted by Crippen LogP contribution is -2.24. The smallest absolute Gasteiger partial charge is 0.0966 e. The summed E-state index contributed by atoms with van der Waals surface area (Å²) < 4.78 is 5.95. The molecular formula is C16H27NO2. The molecule has 2 aliphatic rings. The highest BCUT2D eigenvalue weighted by Crippen LogP contribution is 2.27. The number of allylic oxidation sites excluding steroid dienone is 3. The molecule has 0 heterocycles. The zero-order valence-electron chi connectivity index (χ0n) is 11.8. The molecule has 2 unspecified atom stereocenters. The number of hydrogen-bond acceptors (Lipinski definition) is 3. The molecule has 0 spiro atoms. The van der Waals surface area contributed by atoms with E-state index in [1.54, 1.807) is 0 Å². The van der Waals surface area contributed by atoms with Crippen molar-refractivity contribution in [1.82, 2.24) is 0 Å². The number of rotatable bonds is 6. The average Bonchev–Trinajstić information content (AvgIpc) is 2.47. The van der Waals surface area contributed by atoms with Crippen molar-refractivity contribution in [2.24, 2.45) is 17.6 Å². The molecule has 0 saturated heterocycles. The second kappa shape index (κ2) is 7.71. The topological polar surface area (TPSA) is 55.5 Å². The van der Waals surface area contributed by atoms with Gasteiger partial charge in [-0.3, -0.25) is 0 Å². The van der Waals surface area contributed by atoms with Crippen molar-refractivity contribution in [3.05, 3.63) is 24.0 Å². The lowest BCUT2D eigenvalue weighted by atomic mass is 9.89. The highest BCUT2D eigenvalue weighted by Gasteiger charge is 2.21. The van der Waals surface area contributed by atoms with E-state index in [0.717, 1.165) is 24.7 Å². The molecule has 0 radical (unpaired) electrons. The Kier molecular flexibility index (Phi) is 5.93. The zero-order valence-corrected chi connectivity index (χ0v) is 11.8. The summed E-state index contributed by atoms with van der Waals surface area (Å²) in [4.78, 5) is 0. The van der Waals surface area contributed by atoms with E-state index >= 15 is 0 Å². The Labute approximate surface area is 116 Å². The van der Waals surface area contributed by atoms with Crippen molar-refractivity contribution >= 4 is 0 Å². The maximum Gasteiger partial charge on any atom is 0.0966 e. The van der Waals surface area contributed by atoms with Gasteiger partial charge in [-0.2, -0.15) is 0 Å². The SMILES string of the molecule is NCCC(O)C1C=CC=C(OCC2CCCCC2)C1. The van der Waals surface area contributed by atoms with Crippen LogP contribution in [0.5, 0.6) is 0 Å². The third-order valence-electron chi connectivity index (χ3n) is 4.26. The molecule has 0 amide bonds. The molecule has 0 aromatic carbocycles. The Morgan fingerprint density at radius 2 is 2.11 bits per heavy atom. The van der Waals surface area contributed by atoms with Crippen LogP contribution in [0.25, 0.3) is 0 Å². The predicted molar refractivity (Wildman–Crippen MR) is 77.5 cm³/mol. The Hall–Kier alpha value is -0.800. The molecular weight excluding hydrogens is 238 g/mol. The highest BCUT2D eigenvalue weighted by molar-refractivity contribution is 5.16. The van der Waals surface area contributed by atoms with E-state index in [4.69, 9.17) is 10.5 Å². The number of hydrogen-bond donors (Lipinski definition) is 2. The van der Waals surface area contributed by atoms with Crippen LogP contribution in [-0.4, -0.2) is 24.4 Å². The van der Waals surface area contributed by atoms with E-state index in [9.17, 15) is 5.11 Å². The Morgan fingerprint density at radius 3 is 2.84 bits per heavy atom. The van der Waals surface area contributed by atoms with Crippen LogP contribution in [-0.2, 0) is 4.74 Å². The molecule has 3 N–H and O–H groups in total. The van der Waals surface area contributed by atoms with Crippen molar-refractivity contribution in [2.45, 2.75) is 51.0 Å². The molecule has 3 heteroatoms. The van der Waals surface area contributed by atoms with E-state index in [1.165, 1.54) is 32.1 Å². The predicted octanol–water partition coefficient (Wildman–Crippen LogP) is 2.75. The molecule has 0 bridgehead atoms. The zero-order chi connectivity index (χ0) is 13.5. The van der Waals surface area contributed by atoms with Crippen LogP contribution < -0.4 is 5.73 Å². The molecule has 2 rings (SSSR count). The minimum absolute atomic E-state index is 0.162. The molecule has 1 saturated carbocycles. The van der Waals surface area contributed by atoms with Gasteiger partial charge in [0.15, 0.2) is 0 Å². The summed E-state index contributed by atoms with van der Waals surface area (Å²) in [5, 5.41) is 9.99. The van der Waals surface area contributed by atoms with Gasteiger partial charge in [0, 0.05) is 12.3 Å². The van der Waals surface area contributed by atoms with Crippen molar-refractivity contribution in [3.63, 3.8) is 0 Å².